The summed E-state index contributed by atoms with van der Waals surface area (Å²) < 4.78 is 0. The molecule has 0 aliphatic rings. The molecule has 3 nitrogen and oxygen atoms in total. The molecule has 0 fully saturated rings. The van der Waals surface area contributed by atoms with Crippen LogP contribution in [0.4, 0.5) is 0 Å². The Morgan fingerprint density at radius 2 is 2.12 bits per heavy atom. The molecule has 0 bridgehead atoms. The van der Waals surface area contributed by atoms with Gasteiger partial charge in [-0.2, -0.15) is 5.10 Å². The van der Waals surface area contributed by atoms with Crippen LogP contribution in [0.2, 0.25) is 0 Å². The molecule has 2 aromatic heterocycles. The van der Waals surface area contributed by atoms with Gasteiger partial charge in [0.25, 0.3) is 0 Å². The predicted octanol–water partition coefficient (Wildman–Crippen LogP) is 2.63. The molecule has 0 spiro atoms. The first-order valence-electron chi connectivity index (χ1n) is 5.56. The first-order chi connectivity index (χ1) is 7.79. The average Bonchev–Trinajstić information content (AvgIpc) is 2.89. The molecule has 0 unspecified atom stereocenters. The monoisotopic (exact) mass is 235 g/mol. The van der Waals surface area contributed by atoms with Crippen LogP contribution in [-0.2, 0) is 19.5 Å². The summed E-state index contributed by atoms with van der Waals surface area (Å²) in [5, 5.41) is 10.4. The van der Waals surface area contributed by atoms with Gasteiger partial charge in [0.05, 0.1) is 6.20 Å². The SMILES string of the molecule is CCc1ccc(CNCc2cn[nH]c2C)s1. The van der Waals surface area contributed by atoms with Crippen LogP contribution in [0.1, 0.15) is 27.9 Å². The number of nitrogens with one attached hydrogen (secondary N) is 2. The van der Waals surface area contributed by atoms with Gasteiger partial charge in [0.1, 0.15) is 0 Å². The molecule has 0 atom stereocenters. The van der Waals surface area contributed by atoms with Crippen molar-refractivity contribution in [1.29, 1.82) is 0 Å². The Kier molecular flexibility index (Phi) is 3.74. The number of hydrogen-bond donors (Lipinski definition) is 2. The van der Waals surface area contributed by atoms with E-state index in [-0.39, 0.29) is 0 Å². The van der Waals surface area contributed by atoms with Crippen molar-refractivity contribution in [2.45, 2.75) is 33.4 Å². The lowest BCUT2D eigenvalue weighted by atomic mass is 10.2. The topological polar surface area (TPSA) is 40.7 Å². The standard InChI is InChI=1S/C12H17N3S/c1-3-11-4-5-12(16-11)8-13-6-10-7-14-15-9(10)2/h4-5,7,13H,3,6,8H2,1-2H3,(H,14,15). The summed E-state index contributed by atoms with van der Waals surface area (Å²) in [5.74, 6) is 0. The molecular formula is C12H17N3S. The van der Waals surface area contributed by atoms with Crippen LogP contribution in [0, 0.1) is 6.92 Å². The molecule has 0 amide bonds. The maximum Gasteiger partial charge on any atom is 0.0535 e. The maximum absolute atomic E-state index is 4.00. The van der Waals surface area contributed by atoms with Crippen LogP contribution in [0.3, 0.4) is 0 Å². The molecule has 4 heteroatoms. The number of H-pyrrole nitrogens is 1. The molecule has 86 valence electrons. The van der Waals surface area contributed by atoms with Crippen LogP contribution >= 0.6 is 11.3 Å². The molecule has 0 aliphatic carbocycles. The van der Waals surface area contributed by atoms with E-state index < -0.39 is 0 Å². The van der Waals surface area contributed by atoms with Crippen LogP contribution in [0.25, 0.3) is 0 Å². The van der Waals surface area contributed by atoms with Gasteiger partial charge in [0.15, 0.2) is 0 Å². The summed E-state index contributed by atoms with van der Waals surface area (Å²) in [6.07, 6.45) is 3.01. The summed E-state index contributed by atoms with van der Waals surface area (Å²) >= 11 is 1.89. The van der Waals surface area contributed by atoms with Gasteiger partial charge < -0.3 is 5.32 Å². The van der Waals surface area contributed by atoms with Crippen LogP contribution in [0.5, 0.6) is 0 Å². The lowest BCUT2D eigenvalue weighted by Gasteiger charge is -2.01. The molecular weight excluding hydrogens is 218 g/mol. The van der Waals surface area contributed by atoms with Gasteiger partial charge in [-0.05, 0) is 25.5 Å². The number of rotatable bonds is 5. The van der Waals surface area contributed by atoms with E-state index in [1.807, 2.05) is 24.5 Å². The van der Waals surface area contributed by atoms with E-state index in [4.69, 9.17) is 0 Å². The molecule has 0 saturated carbocycles. The highest BCUT2D eigenvalue weighted by Gasteiger charge is 2.01. The zero-order chi connectivity index (χ0) is 11.4. The zero-order valence-electron chi connectivity index (χ0n) is 9.71. The second-order valence-corrected chi connectivity index (χ2v) is 5.10. The first-order valence-corrected chi connectivity index (χ1v) is 6.38. The molecule has 0 saturated heterocycles. The highest BCUT2D eigenvalue weighted by atomic mass is 32.1. The minimum absolute atomic E-state index is 0.877. The molecule has 16 heavy (non-hydrogen) atoms. The number of aryl methyl sites for hydroxylation is 2. The third-order valence-electron chi connectivity index (χ3n) is 2.61. The Bertz CT molecular complexity index is 445. The van der Waals surface area contributed by atoms with Crippen molar-refractivity contribution >= 4 is 11.3 Å². The number of thiophene rings is 1. The quantitative estimate of drug-likeness (QED) is 0.836. The Balaban J connectivity index is 1.82. The van der Waals surface area contributed by atoms with Crippen molar-refractivity contribution in [2.24, 2.45) is 0 Å². The normalized spacial score (nSPS) is 10.9. The molecule has 0 radical (unpaired) electrons. The molecule has 2 heterocycles. The summed E-state index contributed by atoms with van der Waals surface area (Å²) in [5.41, 5.74) is 2.39. The predicted molar refractivity (Wildman–Crippen MR) is 67.6 cm³/mol. The smallest absolute Gasteiger partial charge is 0.0535 e. The minimum atomic E-state index is 0.877. The van der Waals surface area contributed by atoms with Gasteiger partial charge >= 0.3 is 0 Å². The average molecular weight is 235 g/mol. The Morgan fingerprint density at radius 1 is 1.31 bits per heavy atom. The maximum atomic E-state index is 4.00. The summed E-state index contributed by atoms with van der Waals surface area (Å²) in [6.45, 7) is 6.05. The van der Waals surface area contributed by atoms with E-state index in [2.05, 4.69) is 34.6 Å². The van der Waals surface area contributed by atoms with E-state index in [0.29, 0.717) is 0 Å². The molecule has 2 N–H and O–H groups in total. The van der Waals surface area contributed by atoms with E-state index in [1.165, 1.54) is 15.3 Å². The minimum Gasteiger partial charge on any atom is -0.308 e. The highest BCUT2D eigenvalue weighted by Crippen LogP contribution is 2.16. The Morgan fingerprint density at radius 3 is 2.75 bits per heavy atom. The zero-order valence-corrected chi connectivity index (χ0v) is 10.5. The molecule has 0 aromatic carbocycles. The van der Waals surface area contributed by atoms with Crippen LogP contribution in [-0.4, -0.2) is 10.2 Å². The summed E-state index contributed by atoms with van der Waals surface area (Å²) in [7, 11) is 0. The van der Waals surface area contributed by atoms with Gasteiger partial charge in [0, 0.05) is 34.1 Å². The fourth-order valence-corrected chi connectivity index (χ4v) is 2.51. The van der Waals surface area contributed by atoms with E-state index in [9.17, 15) is 0 Å². The van der Waals surface area contributed by atoms with Gasteiger partial charge in [-0.25, -0.2) is 0 Å². The van der Waals surface area contributed by atoms with Crippen molar-refractivity contribution in [2.75, 3.05) is 0 Å². The Hall–Kier alpha value is -1.13. The van der Waals surface area contributed by atoms with Crippen molar-refractivity contribution in [1.82, 2.24) is 15.5 Å². The second kappa shape index (κ2) is 5.27. The lowest BCUT2D eigenvalue weighted by molar-refractivity contribution is 0.698. The van der Waals surface area contributed by atoms with Crippen LogP contribution < -0.4 is 5.32 Å². The summed E-state index contributed by atoms with van der Waals surface area (Å²) in [6, 6.07) is 4.42. The number of hydrogen-bond acceptors (Lipinski definition) is 3. The van der Waals surface area contributed by atoms with Crippen molar-refractivity contribution in [3.8, 4) is 0 Å². The van der Waals surface area contributed by atoms with Gasteiger partial charge in [0.2, 0.25) is 0 Å². The number of aromatic nitrogens is 2. The van der Waals surface area contributed by atoms with Gasteiger partial charge in [-0.15, -0.1) is 11.3 Å². The third kappa shape index (κ3) is 2.71. The largest absolute Gasteiger partial charge is 0.308 e. The Labute approximate surface area is 99.9 Å². The van der Waals surface area contributed by atoms with Crippen LogP contribution in [0.15, 0.2) is 18.3 Å². The molecule has 0 aliphatic heterocycles. The summed E-state index contributed by atoms with van der Waals surface area (Å²) in [4.78, 5) is 2.86. The van der Waals surface area contributed by atoms with E-state index in [0.717, 1.165) is 25.2 Å². The van der Waals surface area contributed by atoms with Crippen molar-refractivity contribution in [3.63, 3.8) is 0 Å². The second-order valence-electron chi connectivity index (χ2n) is 3.85. The van der Waals surface area contributed by atoms with Gasteiger partial charge in [-0.3, -0.25) is 5.10 Å². The van der Waals surface area contributed by atoms with Gasteiger partial charge in [-0.1, -0.05) is 6.92 Å². The number of aromatic amines is 1. The first kappa shape index (κ1) is 11.4. The fraction of sp³-hybridized carbons (Fsp3) is 0.417. The van der Waals surface area contributed by atoms with Crippen molar-refractivity contribution < 1.29 is 0 Å². The fourth-order valence-electron chi connectivity index (χ4n) is 1.58. The van der Waals surface area contributed by atoms with Crippen molar-refractivity contribution in [3.05, 3.63) is 39.3 Å². The molecule has 2 aromatic rings. The third-order valence-corrected chi connectivity index (χ3v) is 3.84. The number of nitrogens with zero attached hydrogens (tertiary/aromatic N) is 1. The molecule has 2 rings (SSSR count). The highest BCUT2D eigenvalue weighted by molar-refractivity contribution is 7.11. The van der Waals surface area contributed by atoms with E-state index >= 15 is 0 Å². The van der Waals surface area contributed by atoms with E-state index in [1.54, 1.807) is 0 Å². The lowest BCUT2D eigenvalue weighted by Crippen LogP contribution is -2.11.